The fourth-order valence-corrected chi connectivity index (χ4v) is 3.21. The lowest BCUT2D eigenvalue weighted by Crippen LogP contribution is -2.40. The lowest BCUT2D eigenvalue weighted by molar-refractivity contribution is -0.159. The van der Waals surface area contributed by atoms with E-state index in [0.717, 1.165) is 7.11 Å². The Morgan fingerprint density at radius 2 is 1.87 bits per heavy atom. The fraction of sp³-hybridized carbons (Fsp3) is 0.375. The minimum atomic E-state index is -3.91. The number of halogens is 2. The quantitative estimate of drug-likeness (QED) is 0.533. The predicted molar refractivity (Wildman–Crippen MR) is 84.1 cm³/mol. The number of ether oxygens (including phenoxy) is 2. The van der Waals surface area contributed by atoms with Crippen molar-refractivity contribution >= 4 is 23.7 Å². The van der Waals surface area contributed by atoms with Gasteiger partial charge < -0.3 is 9.47 Å². The molecule has 0 aromatic heterocycles. The highest BCUT2D eigenvalue weighted by Crippen LogP contribution is 2.49. The SMILES string of the molecule is C=CCC(SC(F)(F)C(=O)OCC)(C(=O)OC)c1ccccc1. The van der Waals surface area contributed by atoms with E-state index in [1.54, 1.807) is 18.2 Å². The molecule has 23 heavy (non-hydrogen) atoms. The van der Waals surface area contributed by atoms with E-state index >= 15 is 0 Å². The van der Waals surface area contributed by atoms with Gasteiger partial charge in [-0.2, -0.15) is 8.78 Å². The van der Waals surface area contributed by atoms with Gasteiger partial charge in [0, 0.05) is 0 Å². The van der Waals surface area contributed by atoms with Gasteiger partial charge in [0.2, 0.25) is 0 Å². The van der Waals surface area contributed by atoms with E-state index in [1.807, 2.05) is 0 Å². The normalized spacial score (nSPS) is 13.7. The predicted octanol–water partition coefficient (Wildman–Crippen LogP) is 3.52. The lowest BCUT2D eigenvalue weighted by atomic mass is 9.94. The molecule has 0 aliphatic heterocycles. The van der Waals surface area contributed by atoms with Gasteiger partial charge in [-0.3, -0.25) is 4.79 Å². The van der Waals surface area contributed by atoms with Crippen molar-refractivity contribution in [2.24, 2.45) is 0 Å². The maximum atomic E-state index is 14.3. The number of alkyl halides is 2. The maximum absolute atomic E-state index is 14.3. The van der Waals surface area contributed by atoms with Gasteiger partial charge in [-0.1, -0.05) is 48.2 Å². The second-order valence-corrected chi connectivity index (χ2v) is 5.93. The van der Waals surface area contributed by atoms with Gasteiger partial charge in [0.05, 0.1) is 13.7 Å². The van der Waals surface area contributed by atoms with Crippen molar-refractivity contribution < 1.29 is 27.8 Å². The third-order valence-corrected chi connectivity index (χ3v) is 4.34. The van der Waals surface area contributed by atoms with Gasteiger partial charge >= 0.3 is 17.2 Å². The van der Waals surface area contributed by atoms with E-state index in [2.05, 4.69) is 11.3 Å². The molecule has 1 atom stereocenters. The summed E-state index contributed by atoms with van der Waals surface area (Å²) < 4.78 is 35.8. The van der Waals surface area contributed by atoms with Crippen LogP contribution in [0.5, 0.6) is 0 Å². The van der Waals surface area contributed by atoms with Gasteiger partial charge in [-0.25, -0.2) is 4.79 Å². The number of carbonyl (C=O) groups excluding carboxylic acids is 2. The summed E-state index contributed by atoms with van der Waals surface area (Å²) in [5.41, 5.74) is 0.292. The zero-order chi connectivity index (χ0) is 17.5. The molecule has 1 rings (SSSR count). The van der Waals surface area contributed by atoms with Crippen LogP contribution in [-0.4, -0.2) is 30.9 Å². The van der Waals surface area contributed by atoms with Gasteiger partial charge in [-0.15, -0.1) is 6.58 Å². The highest BCUT2D eigenvalue weighted by molar-refractivity contribution is 8.02. The molecule has 1 aromatic carbocycles. The van der Waals surface area contributed by atoms with E-state index in [9.17, 15) is 18.4 Å². The van der Waals surface area contributed by atoms with E-state index < -0.39 is 21.9 Å². The molecule has 1 aromatic rings. The van der Waals surface area contributed by atoms with Crippen molar-refractivity contribution in [2.45, 2.75) is 23.3 Å². The molecule has 4 nitrogen and oxygen atoms in total. The van der Waals surface area contributed by atoms with Crippen LogP contribution in [0.3, 0.4) is 0 Å². The lowest BCUT2D eigenvalue weighted by Gasteiger charge is -2.32. The standard InChI is InChI=1S/C16H18F2O4S/c1-4-11-15(13(19)21-3,12-9-7-6-8-10-12)23-16(17,18)14(20)22-5-2/h4,6-10H,1,5,11H2,2-3H3. The minimum Gasteiger partial charge on any atom is -0.468 e. The minimum absolute atomic E-state index is 0.101. The number of rotatable bonds is 8. The average molecular weight is 344 g/mol. The van der Waals surface area contributed by atoms with E-state index in [1.165, 1.54) is 25.1 Å². The van der Waals surface area contributed by atoms with Crippen LogP contribution in [0, 0.1) is 0 Å². The third kappa shape index (κ3) is 4.31. The van der Waals surface area contributed by atoms with Gasteiger partial charge in [0.1, 0.15) is 4.75 Å². The number of hydrogen-bond donors (Lipinski definition) is 0. The van der Waals surface area contributed by atoms with E-state index in [4.69, 9.17) is 4.74 Å². The Kier molecular flexibility index (Phi) is 6.75. The third-order valence-electron chi connectivity index (χ3n) is 3.00. The Balaban J connectivity index is 3.36. The molecule has 0 saturated heterocycles. The molecule has 0 fully saturated rings. The summed E-state index contributed by atoms with van der Waals surface area (Å²) in [7, 11) is 1.10. The Bertz CT molecular complexity index is 562. The summed E-state index contributed by atoms with van der Waals surface area (Å²) in [5, 5.41) is -3.91. The summed E-state index contributed by atoms with van der Waals surface area (Å²) in [6.07, 6.45) is 1.20. The first-order chi connectivity index (χ1) is 10.8. The molecule has 7 heteroatoms. The summed E-state index contributed by atoms with van der Waals surface area (Å²) in [6, 6.07) is 7.95. The molecular weight excluding hydrogens is 326 g/mol. The van der Waals surface area contributed by atoms with Crippen LogP contribution in [0.1, 0.15) is 18.9 Å². The number of thioether (sulfide) groups is 1. The topological polar surface area (TPSA) is 52.6 Å². The first kappa shape index (κ1) is 19.2. The second-order valence-electron chi connectivity index (χ2n) is 4.52. The molecule has 0 saturated carbocycles. The van der Waals surface area contributed by atoms with Crippen molar-refractivity contribution in [3.05, 3.63) is 48.6 Å². The fourth-order valence-electron chi connectivity index (χ4n) is 2.01. The molecular formula is C16H18F2O4S. The summed E-state index contributed by atoms with van der Waals surface area (Å²) in [6.45, 7) is 4.75. The number of allylic oxidation sites excluding steroid dienone is 1. The second kappa shape index (κ2) is 8.10. The van der Waals surface area contributed by atoms with Gasteiger partial charge in [0.15, 0.2) is 0 Å². The molecule has 0 aliphatic carbocycles. The van der Waals surface area contributed by atoms with Crippen LogP contribution in [0.2, 0.25) is 0 Å². The van der Waals surface area contributed by atoms with E-state index in [-0.39, 0.29) is 24.8 Å². The van der Waals surface area contributed by atoms with Gasteiger partial charge in [-0.05, 0) is 18.9 Å². The maximum Gasteiger partial charge on any atom is 0.390 e. The Labute approximate surface area is 137 Å². The number of methoxy groups -OCH3 is 1. The van der Waals surface area contributed by atoms with Crippen LogP contribution in [0.25, 0.3) is 0 Å². The molecule has 1 unspecified atom stereocenters. The van der Waals surface area contributed by atoms with Crippen molar-refractivity contribution in [2.75, 3.05) is 13.7 Å². The largest absolute Gasteiger partial charge is 0.468 e. The van der Waals surface area contributed by atoms with Crippen LogP contribution in [0.15, 0.2) is 43.0 Å². The Hall–Kier alpha value is -1.89. The Morgan fingerprint density at radius 1 is 1.26 bits per heavy atom. The number of benzene rings is 1. The molecule has 0 bridgehead atoms. The van der Waals surface area contributed by atoms with Crippen LogP contribution in [0.4, 0.5) is 8.78 Å². The van der Waals surface area contributed by atoms with Crippen LogP contribution < -0.4 is 0 Å². The first-order valence-electron chi connectivity index (χ1n) is 6.84. The van der Waals surface area contributed by atoms with E-state index in [0.29, 0.717) is 5.56 Å². The average Bonchev–Trinajstić information content (AvgIpc) is 2.54. The molecule has 0 N–H and O–H groups in total. The molecule has 126 valence electrons. The molecule has 0 radical (unpaired) electrons. The molecule has 0 heterocycles. The monoisotopic (exact) mass is 344 g/mol. The molecule has 0 amide bonds. The zero-order valence-corrected chi connectivity index (χ0v) is 13.7. The van der Waals surface area contributed by atoms with Crippen molar-refractivity contribution in [3.63, 3.8) is 0 Å². The van der Waals surface area contributed by atoms with Crippen molar-refractivity contribution in [1.82, 2.24) is 0 Å². The number of esters is 2. The highest BCUT2D eigenvalue weighted by atomic mass is 32.2. The number of hydrogen-bond acceptors (Lipinski definition) is 5. The highest BCUT2D eigenvalue weighted by Gasteiger charge is 2.54. The molecule has 0 spiro atoms. The van der Waals surface area contributed by atoms with Crippen molar-refractivity contribution in [3.8, 4) is 0 Å². The first-order valence-corrected chi connectivity index (χ1v) is 7.65. The smallest absolute Gasteiger partial charge is 0.390 e. The van der Waals surface area contributed by atoms with Crippen LogP contribution >= 0.6 is 11.8 Å². The Morgan fingerprint density at radius 3 is 2.35 bits per heavy atom. The number of carbonyl (C=O) groups is 2. The summed E-state index contributed by atoms with van der Waals surface area (Å²) >= 11 is -0.101. The van der Waals surface area contributed by atoms with Crippen molar-refractivity contribution in [1.29, 1.82) is 0 Å². The summed E-state index contributed by atoms with van der Waals surface area (Å²) in [4.78, 5) is 23.8. The van der Waals surface area contributed by atoms with Crippen LogP contribution in [-0.2, 0) is 23.8 Å². The van der Waals surface area contributed by atoms with Gasteiger partial charge in [0.25, 0.3) is 0 Å². The zero-order valence-electron chi connectivity index (χ0n) is 12.9. The molecule has 0 aliphatic rings. The summed E-state index contributed by atoms with van der Waals surface area (Å²) in [5.74, 6) is -2.59.